The zero-order valence-electron chi connectivity index (χ0n) is 8.10. The van der Waals surface area contributed by atoms with Gasteiger partial charge in [0.2, 0.25) is 0 Å². The Morgan fingerprint density at radius 3 is 2.38 bits per heavy atom. The molecule has 0 aromatic heterocycles. The minimum Gasteiger partial charge on any atom is -0.329 e. The molecule has 0 bridgehead atoms. The maximum atomic E-state index is 10.2. The van der Waals surface area contributed by atoms with Crippen LogP contribution in [0.3, 0.4) is 0 Å². The van der Waals surface area contributed by atoms with E-state index < -0.39 is 11.2 Å². The summed E-state index contributed by atoms with van der Waals surface area (Å²) in [7, 11) is 5.63. The van der Waals surface area contributed by atoms with Crippen LogP contribution < -0.4 is 0 Å². The van der Waals surface area contributed by atoms with Gasteiger partial charge in [0, 0.05) is 6.42 Å². The average molecular weight is 191 g/mol. The predicted octanol–water partition coefficient (Wildman–Crippen LogP) is -0.141. The number of hydrogen-bond donors (Lipinski definition) is 0. The van der Waals surface area contributed by atoms with Gasteiger partial charge in [0.15, 0.2) is 6.10 Å². The summed E-state index contributed by atoms with van der Waals surface area (Å²) in [6, 6.07) is 0. The maximum Gasteiger partial charge on any atom is 0.295 e. The van der Waals surface area contributed by atoms with Crippen molar-refractivity contribution in [3.8, 4) is 0 Å². The third-order valence-corrected chi connectivity index (χ3v) is 1.35. The number of likely N-dealkylation sites (N-methyl/N-ethyl adjacent to an activating group) is 1. The van der Waals surface area contributed by atoms with Gasteiger partial charge in [0.25, 0.3) is 5.09 Å². The van der Waals surface area contributed by atoms with Crippen LogP contribution >= 0.6 is 0 Å². The molecule has 1 atom stereocenters. The lowest BCUT2D eigenvalue weighted by Crippen LogP contribution is -2.43. The minimum absolute atomic E-state index is 0.0521. The van der Waals surface area contributed by atoms with Crippen molar-refractivity contribution in [2.24, 2.45) is 0 Å². The van der Waals surface area contributed by atoms with Crippen LogP contribution in [0.4, 0.5) is 0 Å². The fraction of sp³-hybridized carbons (Fsp3) is 0.857. The number of carbonyl (C=O) groups excluding carboxylic acids is 1. The lowest BCUT2D eigenvalue weighted by Gasteiger charge is -2.27. The van der Waals surface area contributed by atoms with Crippen molar-refractivity contribution in [1.29, 1.82) is 0 Å². The lowest BCUT2D eigenvalue weighted by molar-refractivity contribution is -0.885. The number of aldehydes is 1. The van der Waals surface area contributed by atoms with Crippen molar-refractivity contribution in [2.45, 2.75) is 12.5 Å². The van der Waals surface area contributed by atoms with Crippen molar-refractivity contribution in [3.05, 3.63) is 10.1 Å². The van der Waals surface area contributed by atoms with E-state index >= 15 is 0 Å². The number of nitrogens with zero attached hydrogens (tertiary/aromatic N) is 2. The molecule has 6 nitrogen and oxygen atoms in total. The van der Waals surface area contributed by atoms with Gasteiger partial charge in [-0.05, 0) is 0 Å². The standard InChI is InChI=1S/C7H15N2O4/c1-9(2,3)6-7(4-5-10)13-8(11)12/h5,7H,4,6H2,1-3H3/q+1. The van der Waals surface area contributed by atoms with E-state index in [9.17, 15) is 14.9 Å². The molecule has 0 spiro atoms. The van der Waals surface area contributed by atoms with Gasteiger partial charge >= 0.3 is 0 Å². The highest BCUT2D eigenvalue weighted by Crippen LogP contribution is 2.02. The molecule has 0 heterocycles. The molecule has 13 heavy (non-hydrogen) atoms. The molecule has 1 unspecified atom stereocenters. The Bertz CT molecular complexity index is 187. The van der Waals surface area contributed by atoms with Crippen LogP contribution in [0.5, 0.6) is 0 Å². The molecule has 76 valence electrons. The van der Waals surface area contributed by atoms with E-state index in [2.05, 4.69) is 4.84 Å². The van der Waals surface area contributed by atoms with Crippen molar-refractivity contribution < 1.29 is 19.2 Å². The first-order valence-electron chi connectivity index (χ1n) is 3.90. The van der Waals surface area contributed by atoms with Crippen molar-refractivity contribution >= 4 is 6.29 Å². The highest BCUT2D eigenvalue weighted by atomic mass is 17.0. The first-order chi connectivity index (χ1) is 5.85. The molecule has 0 rings (SSSR count). The smallest absolute Gasteiger partial charge is 0.295 e. The zero-order chi connectivity index (χ0) is 10.5. The number of quaternary nitrogens is 1. The Morgan fingerprint density at radius 2 is 2.08 bits per heavy atom. The molecular weight excluding hydrogens is 176 g/mol. The Balaban J connectivity index is 4.09. The molecule has 0 amide bonds. The summed E-state index contributed by atoms with van der Waals surface area (Å²) in [4.78, 5) is 24.5. The third kappa shape index (κ3) is 7.20. The van der Waals surface area contributed by atoms with Crippen LogP contribution in [0.25, 0.3) is 0 Å². The van der Waals surface area contributed by atoms with E-state index in [-0.39, 0.29) is 6.42 Å². The summed E-state index contributed by atoms with van der Waals surface area (Å²) in [5.74, 6) is 0. The Morgan fingerprint density at radius 1 is 1.54 bits per heavy atom. The van der Waals surface area contributed by atoms with Crippen LogP contribution in [0.15, 0.2) is 0 Å². The van der Waals surface area contributed by atoms with Gasteiger partial charge in [-0.1, -0.05) is 0 Å². The Hall–Kier alpha value is -1.17. The Labute approximate surface area is 76.8 Å². The quantitative estimate of drug-likeness (QED) is 0.253. The minimum atomic E-state index is -0.857. The van der Waals surface area contributed by atoms with Crippen LogP contribution in [-0.4, -0.2) is 49.6 Å². The Kier molecular flexibility index (Phi) is 4.33. The van der Waals surface area contributed by atoms with Gasteiger partial charge in [-0.25, -0.2) is 0 Å². The molecule has 0 saturated heterocycles. The summed E-state index contributed by atoms with van der Waals surface area (Å²) in [5.41, 5.74) is 0. The molecule has 0 aliphatic carbocycles. The summed E-state index contributed by atoms with van der Waals surface area (Å²) in [5, 5.41) is 9.17. The van der Waals surface area contributed by atoms with Gasteiger partial charge in [0.1, 0.15) is 12.8 Å². The normalized spacial score (nSPS) is 13.5. The molecule has 6 heteroatoms. The van der Waals surface area contributed by atoms with Crippen molar-refractivity contribution in [2.75, 3.05) is 27.7 Å². The average Bonchev–Trinajstić information content (AvgIpc) is 1.81. The van der Waals surface area contributed by atoms with E-state index in [0.29, 0.717) is 17.3 Å². The summed E-state index contributed by atoms with van der Waals surface area (Å²) >= 11 is 0. The second kappa shape index (κ2) is 4.76. The number of carbonyl (C=O) groups is 1. The molecule has 0 radical (unpaired) electrons. The van der Waals surface area contributed by atoms with Gasteiger partial charge in [-0.3, -0.25) is 0 Å². The predicted molar refractivity (Wildman–Crippen MR) is 45.4 cm³/mol. The van der Waals surface area contributed by atoms with Gasteiger partial charge in [-0.2, -0.15) is 0 Å². The SMILES string of the molecule is C[N+](C)(C)CC(CC=O)O[N+](=O)[O-]. The highest BCUT2D eigenvalue weighted by molar-refractivity contribution is 5.50. The topological polar surface area (TPSA) is 69.4 Å². The van der Waals surface area contributed by atoms with E-state index in [1.165, 1.54) is 0 Å². The number of hydrogen-bond acceptors (Lipinski definition) is 4. The second-order valence-corrected chi connectivity index (χ2v) is 3.83. The molecular formula is C7H15N2O4+. The molecule has 0 aromatic rings. The van der Waals surface area contributed by atoms with E-state index in [1.807, 2.05) is 21.1 Å². The lowest BCUT2D eigenvalue weighted by atomic mass is 10.2. The van der Waals surface area contributed by atoms with E-state index in [1.54, 1.807) is 0 Å². The van der Waals surface area contributed by atoms with E-state index in [0.717, 1.165) is 0 Å². The van der Waals surface area contributed by atoms with Crippen LogP contribution in [0.2, 0.25) is 0 Å². The third-order valence-electron chi connectivity index (χ3n) is 1.35. The monoisotopic (exact) mass is 191 g/mol. The fourth-order valence-electron chi connectivity index (χ4n) is 0.991. The van der Waals surface area contributed by atoms with Crippen LogP contribution in [0.1, 0.15) is 6.42 Å². The molecule has 0 saturated carbocycles. The fourth-order valence-corrected chi connectivity index (χ4v) is 0.991. The first-order valence-corrected chi connectivity index (χ1v) is 3.90. The van der Waals surface area contributed by atoms with Crippen molar-refractivity contribution in [3.63, 3.8) is 0 Å². The molecule has 0 aliphatic heterocycles. The highest BCUT2D eigenvalue weighted by Gasteiger charge is 2.20. The van der Waals surface area contributed by atoms with Gasteiger partial charge < -0.3 is 14.1 Å². The zero-order valence-corrected chi connectivity index (χ0v) is 8.10. The summed E-state index contributed by atoms with van der Waals surface area (Å²) in [6.45, 7) is 0.430. The molecule has 0 aromatic carbocycles. The second-order valence-electron chi connectivity index (χ2n) is 3.83. The first kappa shape index (κ1) is 11.8. The van der Waals surface area contributed by atoms with Gasteiger partial charge in [-0.15, -0.1) is 10.1 Å². The molecule has 0 N–H and O–H groups in total. The largest absolute Gasteiger partial charge is 0.329 e. The van der Waals surface area contributed by atoms with Crippen LogP contribution in [-0.2, 0) is 9.63 Å². The number of rotatable bonds is 6. The van der Waals surface area contributed by atoms with Crippen LogP contribution in [0, 0.1) is 10.1 Å². The van der Waals surface area contributed by atoms with Crippen molar-refractivity contribution in [1.82, 2.24) is 0 Å². The summed E-state index contributed by atoms with van der Waals surface area (Å²) in [6.07, 6.45) is 0.0350. The summed E-state index contributed by atoms with van der Waals surface area (Å²) < 4.78 is 0.520. The van der Waals surface area contributed by atoms with E-state index in [4.69, 9.17) is 0 Å². The maximum absolute atomic E-state index is 10.2. The van der Waals surface area contributed by atoms with Gasteiger partial charge in [0.05, 0.1) is 21.1 Å². The molecule has 0 fully saturated rings. The molecule has 0 aliphatic rings.